The maximum atomic E-state index is 12.3. The van der Waals surface area contributed by atoms with Gasteiger partial charge in [-0.2, -0.15) is 0 Å². The lowest BCUT2D eigenvalue weighted by atomic mass is 10.3. The van der Waals surface area contributed by atoms with Crippen LogP contribution in [0.4, 0.5) is 0 Å². The molecule has 0 amide bonds. The molecule has 0 aliphatic rings. The fourth-order valence-electron chi connectivity index (χ4n) is 1.56. The minimum Gasteiger partial charge on any atom is -0.495 e. The molecule has 100 valence electrons. The molecule has 1 aromatic heterocycles. The Hall–Kier alpha value is -1.10. The van der Waals surface area contributed by atoms with Crippen molar-refractivity contribution in [2.75, 3.05) is 7.11 Å². The molecule has 1 heterocycles. The number of methoxy groups -OCH3 is 1. The molecule has 1 aromatic carbocycles. The highest BCUT2D eigenvalue weighted by atomic mass is 35.5. The van der Waals surface area contributed by atoms with Gasteiger partial charge in [-0.1, -0.05) is 35.3 Å². The van der Waals surface area contributed by atoms with E-state index in [4.69, 9.17) is 27.9 Å². The van der Waals surface area contributed by atoms with Gasteiger partial charge in [-0.25, -0.2) is 0 Å². The third kappa shape index (κ3) is 3.47. The van der Waals surface area contributed by atoms with E-state index < -0.39 is 10.8 Å². The van der Waals surface area contributed by atoms with Gasteiger partial charge in [-0.05, 0) is 18.2 Å². The standard InChI is InChI=1S/C13H11Cl2NO2S/c1-18-12-4-2-3-5-13(12)19(17)8-11-10(15)6-9(14)7-16-11/h2-7H,8H2,1H3/t19-/m1/s1. The van der Waals surface area contributed by atoms with Crippen molar-refractivity contribution in [3.8, 4) is 5.75 Å². The summed E-state index contributed by atoms with van der Waals surface area (Å²) < 4.78 is 17.5. The number of para-hydroxylation sites is 1. The van der Waals surface area contributed by atoms with Crippen molar-refractivity contribution in [1.82, 2.24) is 4.98 Å². The van der Waals surface area contributed by atoms with E-state index in [1.165, 1.54) is 6.20 Å². The predicted octanol–water partition coefficient (Wildman–Crippen LogP) is 3.70. The van der Waals surface area contributed by atoms with Gasteiger partial charge in [0.05, 0.1) is 44.3 Å². The summed E-state index contributed by atoms with van der Waals surface area (Å²) in [6, 6.07) is 8.76. The van der Waals surface area contributed by atoms with E-state index in [2.05, 4.69) is 4.98 Å². The molecule has 0 N–H and O–H groups in total. The van der Waals surface area contributed by atoms with Gasteiger partial charge >= 0.3 is 0 Å². The van der Waals surface area contributed by atoms with Gasteiger partial charge in [0.25, 0.3) is 0 Å². The lowest BCUT2D eigenvalue weighted by Crippen LogP contribution is -2.01. The molecular formula is C13H11Cl2NO2S. The summed E-state index contributed by atoms with van der Waals surface area (Å²) in [6.45, 7) is 0. The van der Waals surface area contributed by atoms with E-state index in [0.29, 0.717) is 26.4 Å². The lowest BCUT2D eigenvalue weighted by molar-refractivity contribution is 0.404. The fraction of sp³-hybridized carbons (Fsp3) is 0.154. The van der Waals surface area contributed by atoms with Crippen LogP contribution in [0.25, 0.3) is 0 Å². The van der Waals surface area contributed by atoms with Crippen molar-refractivity contribution < 1.29 is 8.95 Å². The van der Waals surface area contributed by atoms with Crippen molar-refractivity contribution in [3.63, 3.8) is 0 Å². The number of ether oxygens (including phenoxy) is 1. The predicted molar refractivity (Wildman–Crippen MR) is 77.4 cm³/mol. The highest BCUT2D eigenvalue weighted by molar-refractivity contribution is 7.84. The molecule has 0 aliphatic carbocycles. The minimum atomic E-state index is -1.28. The van der Waals surface area contributed by atoms with Crippen molar-refractivity contribution in [1.29, 1.82) is 0 Å². The van der Waals surface area contributed by atoms with E-state index in [-0.39, 0.29) is 5.75 Å². The number of benzene rings is 1. The van der Waals surface area contributed by atoms with E-state index in [0.717, 1.165) is 0 Å². The summed E-state index contributed by atoms with van der Waals surface area (Å²) in [6.07, 6.45) is 1.49. The Morgan fingerprint density at radius 2 is 2.05 bits per heavy atom. The number of hydrogen-bond donors (Lipinski definition) is 0. The SMILES string of the molecule is COc1ccccc1[S@](=O)Cc1ncc(Cl)cc1Cl. The van der Waals surface area contributed by atoms with Crippen molar-refractivity contribution in [3.05, 3.63) is 52.3 Å². The molecule has 3 nitrogen and oxygen atoms in total. The topological polar surface area (TPSA) is 39.2 Å². The zero-order valence-electron chi connectivity index (χ0n) is 10.1. The Morgan fingerprint density at radius 1 is 1.32 bits per heavy atom. The summed E-state index contributed by atoms with van der Waals surface area (Å²) in [5.74, 6) is 0.807. The lowest BCUT2D eigenvalue weighted by Gasteiger charge is -2.08. The van der Waals surface area contributed by atoms with Gasteiger partial charge in [0.1, 0.15) is 5.75 Å². The third-order valence-electron chi connectivity index (χ3n) is 2.47. The first-order valence-corrected chi connectivity index (χ1v) is 7.50. The van der Waals surface area contributed by atoms with E-state index >= 15 is 0 Å². The van der Waals surface area contributed by atoms with Gasteiger partial charge in [-0.3, -0.25) is 9.19 Å². The van der Waals surface area contributed by atoms with Crippen LogP contribution in [0.3, 0.4) is 0 Å². The molecule has 2 rings (SSSR count). The molecule has 0 bridgehead atoms. The molecule has 0 radical (unpaired) electrons. The fourth-order valence-corrected chi connectivity index (χ4v) is 3.32. The second-order valence-electron chi connectivity index (χ2n) is 3.72. The monoisotopic (exact) mass is 315 g/mol. The van der Waals surface area contributed by atoms with Crippen LogP contribution in [0.15, 0.2) is 41.4 Å². The number of halogens is 2. The summed E-state index contributed by atoms with van der Waals surface area (Å²) >= 11 is 11.8. The van der Waals surface area contributed by atoms with Crippen LogP contribution in [0.1, 0.15) is 5.69 Å². The number of hydrogen-bond acceptors (Lipinski definition) is 3. The zero-order valence-corrected chi connectivity index (χ0v) is 12.4. The average Bonchev–Trinajstić information content (AvgIpc) is 2.41. The molecule has 0 saturated carbocycles. The zero-order chi connectivity index (χ0) is 13.8. The first-order valence-electron chi connectivity index (χ1n) is 5.43. The Bertz CT molecular complexity index is 619. The molecule has 19 heavy (non-hydrogen) atoms. The first kappa shape index (κ1) is 14.3. The highest BCUT2D eigenvalue weighted by Crippen LogP contribution is 2.25. The largest absolute Gasteiger partial charge is 0.495 e. The molecule has 2 aromatic rings. The Morgan fingerprint density at radius 3 is 2.74 bits per heavy atom. The molecule has 0 aliphatic heterocycles. The van der Waals surface area contributed by atoms with Crippen LogP contribution in [-0.4, -0.2) is 16.3 Å². The van der Waals surface area contributed by atoms with Crippen molar-refractivity contribution in [2.45, 2.75) is 10.6 Å². The Balaban J connectivity index is 2.26. The van der Waals surface area contributed by atoms with E-state index in [1.807, 2.05) is 12.1 Å². The van der Waals surface area contributed by atoms with Gasteiger partial charge in [-0.15, -0.1) is 0 Å². The molecule has 6 heteroatoms. The van der Waals surface area contributed by atoms with Gasteiger partial charge < -0.3 is 4.74 Å². The Labute approximate surface area is 124 Å². The number of pyridine rings is 1. The van der Waals surface area contributed by atoms with Crippen LogP contribution in [-0.2, 0) is 16.6 Å². The quantitative estimate of drug-likeness (QED) is 0.863. The first-order chi connectivity index (χ1) is 9.11. The summed E-state index contributed by atoms with van der Waals surface area (Å²) in [4.78, 5) is 4.72. The smallest absolute Gasteiger partial charge is 0.134 e. The van der Waals surface area contributed by atoms with E-state index in [9.17, 15) is 4.21 Å². The van der Waals surface area contributed by atoms with Crippen LogP contribution in [0, 0.1) is 0 Å². The van der Waals surface area contributed by atoms with Gasteiger partial charge in [0, 0.05) is 6.20 Å². The third-order valence-corrected chi connectivity index (χ3v) is 4.36. The van der Waals surface area contributed by atoms with Gasteiger partial charge in [0.15, 0.2) is 0 Å². The normalized spacial score (nSPS) is 12.2. The van der Waals surface area contributed by atoms with E-state index in [1.54, 1.807) is 25.3 Å². The minimum absolute atomic E-state index is 0.219. The maximum Gasteiger partial charge on any atom is 0.134 e. The summed E-state index contributed by atoms with van der Waals surface area (Å²) in [5, 5.41) is 0.868. The maximum absolute atomic E-state index is 12.3. The summed E-state index contributed by atoms with van der Waals surface area (Å²) in [5.41, 5.74) is 0.551. The molecule has 0 unspecified atom stereocenters. The molecule has 0 spiro atoms. The number of rotatable bonds is 4. The number of aromatic nitrogens is 1. The molecule has 0 fully saturated rings. The second kappa shape index (κ2) is 6.37. The molecule has 0 saturated heterocycles. The van der Waals surface area contributed by atoms with Crippen LogP contribution < -0.4 is 4.74 Å². The van der Waals surface area contributed by atoms with Crippen LogP contribution in [0.2, 0.25) is 10.0 Å². The van der Waals surface area contributed by atoms with Crippen LogP contribution in [0.5, 0.6) is 5.75 Å². The highest BCUT2D eigenvalue weighted by Gasteiger charge is 2.13. The molecular weight excluding hydrogens is 305 g/mol. The van der Waals surface area contributed by atoms with Crippen molar-refractivity contribution >= 4 is 34.0 Å². The van der Waals surface area contributed by atoms with Crippen LogP contribution >= 0.6 is 23.2 Å². The molecule has 1 atom stereocenters. The van der Waals surface area contributed by atoms with Gasteiger partial charge in [0.2, 0.25) is 0 Å². The van der Waals surface area contributed by atoms with Crippen molar-refractivity contribution in [2.24, 2.45) is 0 Å². The average molecular weight is 316 g/mol. The number of nitrogens with zero attached hydrogens (tertiary/aromatic N) is 1. The second-order valence-corrected chi connectivity index (χ2v) is 5.99. The summed E-state index contributed by atoms with van der Waals surface area (Å²) in [7, 11) is 0.267. The Kier molecular flexibility index (Phi) is 4.80.